The van der Waals surface area contributed by atoms with Gasteiger partial charge in [-0.3, -0.25) is 4.79 Å². The molecule has 1 aliphatic rings. The number of aliphatic hydroxyl groups is 4. The first-order valence-corrected chi connectivity index (χ1v) is 11.2. The zero-order chi connectivity index (χ0) is 26.9. The van der Waals surface area contributed by atoms with Crippen LogP contribution in [0.3, 0.4) is 0 Å². The SMILES string of the molecule is COc1ccc(-c2cc(=O)c3c(OC)c(O[C@@H]4O[C@H](CO)[C@@H](O)[C@H](O)[C@H]4O)c(OC)cc3o2)cc1OC. The topological polar surface area (TPSA) is 167 Å². The zero-order valence-electron chi connectivity index (χ0n) is 20.5. The lowest BCUT2D eigenvalue weighted by Gasteiger charge is -2.39. The predicted molar refractivity (Wildman–Crippen MR) is 129 cm³/mol. The van der Waals surface area contributed by atoms with Gasteiger partial charge in [0.15, 0.2) is 28.4 Å². The number of fused-ring (bicyclic) bond motifs is 1. The Bertz CT molecular complexity index is 1320. The smallest absolute Gasteiger partial charge is 0.229 e. The average molecular weight is 520 g/mol. The second-order valence-corrected chi connectivity index (χ2v) is 8.17. The number of ether oxygens (including phenoxy) is 6. The van der Waals surface area contributed by atoms with Crippen molar-refractivity contribution in [3.63, 3.8) is 0 Å². The minimum absolute atomic E-state index is 0.0205. The maximum Gasteiger partial charge on any atom is 0.229 e. The summed E-state index contributed by atoms with van der Waals surface area (Å²) >= 11 is 0. The summed E-state index contributed by atoms with van der Waals surface area (Å²) in [7, 11) is 5.65. The molecule has 37 heavy (non-hydrogen) atoms. The molecule has 0 bridgehead atoms. The Morgan fingerprint density at radius 3 is 2.14 bits per heavy atom. The van der Waals surface area contributed by atoms with Gasteiger partial charge in [0.2, 0.25) is 12.0 Å². The normalized spacial score (nSPS) is 23.5. The maximum absolute atomic E-state index is 13.3. The van der Waals surface area contributed by atoms with Gasteiger partial charge >= 0.3 is 0 Å². The first kappa shape index (κ1) is 26.5. The van der Waals surface area contributed by atoms with Crippen LogP contribution in [0.1, 0.15) is 0 Å². The van der Waals surface area contributed by atoms with E-state index in [-0.39, 0.29) is 34.0 Å². The van der Waals surface area contributed by atoms with Crippen LogP contribution in [-0.4, -0.2) is 86.2 Å². The van der Waals surface area contributed by atoms with Crippen molar-refractivity contribution in [3.05, 3.63) is 40.6 Å². The number of rotatable bonds is 8. The van der Waals surface area contributed by atoms with Gasteiger partial charge in [-0.1, -0.05) is 0 Å². The summed E-state index contributed by atoms with van der Waals surface area (Å²) in [5.74, 6) is 1.07. The van der Waals surface area contributed by atoms with Crippen LogP contribution in [0.4, 0.5) is 0 Å². The van der Waals surface area contributed by atoms with Gasteiger partial charge < -0.3 is 53.3 Å². The highest BCUT2D eigenvalue weighted by molar-refractivity contribution is 5.90. The Labute approximate surface area is 211 Å². The number of aliphatic hydroxyl groups excluding tert-OH is 4. The molecule has 3 aromatic rings. The zero-order valence-corrected chi connectivity index (χ0v) is 20.5. The van der Waals surface area contributed by atoms with Crippen molar-refractivity contribution in [2.24, 2.45) is 0 Å². The quantitative estimate of drug-likeness (QED) is 0.328. The summed E-state index contributed by atoms with van der Waals surface area (Å²) < 4.78 is 38.7. The minimum Gasteiger partial charge on any atom is -0.493 e. The van der Waals surface area contributed by atoms with Gasteiger partial charge in [0, 0.05) is 17.7 Å². The highest BCUT2D eigenvalue weighted by Gasteiger charge is 2.45. The fourth-order valence-corrected chi connectivity index (χ4v) is 4.12. The van der Waals surface area contributed by atoms with Gasteiger partial charge in [-0.05, 0) is 18.2 Å². The van der Waals surface area contributed by atoms with Gasteiger partial charge in [-0.25, -0.2) is 0 Å². The van der Waals surface area contributed by atoms with Gasteiger partial charge in [-0.2, -0.15) is 0 Å². The molecule has 2 aromatic carbocycles. The molecule has 12 heteroatoms. The molecule has 4 rings (SSSR count). The largest absolute Gasteiger partial charge is 0.493 e. The van der Waals surface area contributed by atoms with Crippen LogP contribution in [0, 0.1) is 0 Å². The van der Waals surface area contributed by atoms with E-state index in [4.69, 9.17) is 32.8 Å². The Kier molecular flexibility index (Phi) is 7.76. The van der Waals surface area contributed by atoms with Gasteiger partial charge in [0.05, 0.1) is 35.0 Å². The van der Waals surface area contributed by atoms with E-state index in [1.54, 1.807) is 18.2 Å². The summed E-state index contributed by atoms with van der Waals surface area (Å²) in [5, 5.41) is 40.0. The predicted octanol–water partition coefficient (Wildman–Crippen LogP) is 0.673. The molecule has 4 N–H and O–H groups in total. The molecule has 1 aromatic heterocycles. The fourth-order valence-electron chi connectivity index (χ4n) is 4.12. The second-order valence-electron chi connectivity index (χ2n) is 8.17. The summed E-state index contributed by atoms with van der Waals surface area (Å²) in [6.07, 6.45) is -7.65. The molecule has 0 radical (unpaired) electrons. The standard InChI is InChI=1S/C25H28O12/c1-31-13-6-5-11(7-15(13)32-2)14-8-12(27)19-16(35-14)9-17(33-3)23(24(19)34-4)37-25-22(30)21(29)20(28)18(10-26)36-25/h5-9,18,20-22,25-26,28-30H,10H2,1-4H3/t18-,20-,21+,22-,25+/m1/s1. The molecule has 0 aliphatic carbocycles. The molecular formula is C25H28O12. The summed E-state index contributed by atoms with van der Waals surface area (Å²) in [6.45, 7) is -0.640. The number of hydrogen-bond donors (Lipinski definition) is 4. The number of hydrogen-bond acceptors (Lipinski definition) is 12. The molecular weight excluding hydrogens is 492 g/mol. The molecule has 5 atom stereocenters. The van der Waals surface area contributed by atoms with Crippen molar-refractivity contribution in [1.29, 1.82) is 0 Å². The second kappa shape index (κ2) is 10.8. The van der Waals surface area contributed by atoms with Crippen molar-refractivity contribution >= 4 is 11.0 Å². The lowest BCUT2D eigenvalue weighted by Crippen LogP contribution is -2.60. The molecule has 12 nitrogen and oxygen atoms in total. The molecule has 2 heterocycles. The van der Waals surface area contributed by atoms with E-state index in [9.17, 15) is 25.2 Å². The van der Waals surface area contributed by atoms with Crippen molar-refractivity contribution in [1.82, 2.24) is 0 Å². The molecule has 1 saturated heterocycles. The Morgan fingerprint density at radius 2 is 1.51 bits per heavy atom. The van der Waals surface area contributed by atoms with Crippen LogP contribution in [0.15, 0.2) is 39.5 Å². The van der Waals surface area contributed by atoms with Crippen molar-refractivity contribution in [3.8, 4) is 40.1 Å². The summed E-state index contributed by atoms with van der Waals surface area (Å²) in [6, 6.07) is 7.72. The average Bonchev–Trinajstić information content (AvgIpc) is 2.92. The van der Waals surface area contributed by atoms with E-state index >= 15 is 0 Å². The van der Waals surface area contributed by atoms with Gasteiger partial charge in [0.25, 0.3) is 0 Å². The minimum atomic E-state index is -1.69. The molecule has 1 aliphatic heterocycles. The van der Waals surface area contributed by atoms with E-state index < -0.39 is 42.7 Å². The van der Waals surface area contributed by atoms with Crippen molar-refractivity contribution in [2.75, 3.05) is 35.0 Å². The summed E-state index contributed by atoms with van der Waals surface area (Å²) in [4.78, 5) is 13.3. The molecule has 1 fully saturated rings. The van der Waals surface area contributed by atoms with Crippen molar-refractivity contribution < 1.29 is 53.3 Å². The number of benzene rings is 2. The van der Waals surface area contributed by atoms with Crippen LogP contribution >= 0.6 is 0 Å². The Morgan fingerprint density at radius 1 is 0.811 bits per heavy atom. The van der Waals surface area contributed by atoms with Crippen LogP contribution in [0.2, 0.25) is 0 Å². The van der Waals surface area contributed by atoms with Gasteiger partial charge in [0.1, 0.15) is 41.1 Å². The third-order valence-corrected chi connectivity index (χ3v) is 6.07. The first-order valence-electron chi connectivity index (χ1n) is 11.2. The molecule has 0 saturated carbocycles. The number of methoxy groups -OCH3 is 4. The monoisotopic (exact) mass is 520 g/mol. The van der Waals surface area contributed by atoms with E-state index in [0.717, 1.165) is 0 Å². The Hall–Kier alpha value is -3.55. The molecule has 0 spiro atoms. The van der Waals surface area contributed by atoms with Gasteiger partial charge in [-0.15, -0.1) is 0 Å². The third kappa shape index (κ3) is 4.77. The maximum atomic E-state index is 13.3. The van der Waals surface area contributed by atoms with Crippen LogP contribution in [-0.2, 0) is 4.74 Å². The highest BCUT2D eigenvalue weighted by Crippen LogP contribution is 2.44. The van der Waals surface area contributed by atoms with E-state index in [2.05, 4.69) is 0 Å². The van der Waals surface area contributed by atoms with E-state index in [0.29, 0.717) is 17.1 Å². The molecule has 200 valence electrons. The molecule has 0 unspecified atom stereocenters. The van der Waals surface area contributed by atoms with Crippen LogP contribution in [0.25, 0.3) is 22.3 Å². The third-order valence-electron chi connectivity index (χ3n) is 6.07. The van der Waals surface area contributed by atoms with Crippen molar-refractivity contribution in [2.45, 2.75) is 30.7 Å². The van der Waals surface area contributed by atoms with Crippen LogP contribution in [0.5, 0.6) is 28.7 Å². The molecule has 0 amide bonds. The summed E-state index contributed by atoms with van der Waals surface area (Å²) in [5.41, 5.74) is 0.201. The first-order chi connectivity index (χ1) is 17.8. The van der Waals surface area contributed by atoms with E-state index in [1.807, 2.05) is 0 Å². The van der Waals surface area contributed by atoms with Crippen LogP contribution < -0.4 is 29.1 Å². The van der Waals surface area contributed by atoms with E-state index in [1.165, 1.54) is 40.6 Å². The fraction of sp³-hybridized carbons (Fsp3) is 0.400. The Balaban J connectivity index is 1.81. The lowest BCUT2D eigenvalue weighted by molar-refractivity contribution is -0.277. The lowest BCUT2D eigenvalue weighted by atomic mass is 9.99. The highest BCUT2D eigenvalue weighted by atomic mass is 16.7.